The smallest absolute Gasteiger partial charge is 0.122 e. The number of anilines is 2. The number of nitrogens with zero attached hydrogens (tertiary/aromatic N) is 1. The number of hydrogen-bond acceptors (Lipinski definition) is 4. The van der Waals surface area contributed by atoms with Gasteiger partial charge < -0.3 is 16.2 Å². The second-order valence-electron chi connectivity index (χ2n) is 3.44. The highest BCUT2D eigenvalue weighted by Crippen LogP contribution is 2.23. The van der Waals surface area contributed by atoms with Crippen molar-refractivity contribution in [1.29, 1.82) is 0 Å². The molecule has 2 aromatic rings. The molecule has 0 aliphatic rings. The summed E-state index contributed by atoms with van der Waals surface area (Å²) in [7, 11) is 0. The van der Waals surface area contributed by atoms with E-state index in [9.17, 15) is 5.11 Å². The van der Waals surface area contributed by atoms with Crippen LogP contribution in [0.2, 0.25) is 0 Å². The van der Waals surface area contributed by atoms with Crippen LogP contribution in [0.1, 0.15) is 5.56 Å². The van der Waals surface area contributed by atoms with Crippen molar-refractivity contribution < 1.29 is 5.11 Å². The van der Waals surface area contributed by atoms with Crippen LogP contribution in [0.5, 0.6) is 5.75 Å². The van der Waals surface area contributed by atoms with Crippen molar-refractivity contribution in [3.05, 3.63) is 48.3 Å². The van der Waals surface area contributed by atoms with Gasteiger partial charge in [0, 0.05) is 30.2 Å². The minimum atomic E-state index is 0.205. The number of phenolic OH excluding ortho intramolecular Hbond substituents is 1. The molecule has 1 aromatic carbocycles. The van der Waals surface area contributed by atoms with Crippen LogP contribution in [0.3, 0.4) is 0 Å². The Morgan fingerprint density at radius 2 is 2.12 bits per heavy atom. The highest BCUT2D eigenvalue weighted by Gasteiger charge is 2.04. The molecule has 0 aliphatic carbocycles. The SMILES string of the molecule is Nc1cccc(O)c1CNc1cccnc1. The number of aromatic nitrogens is 1. The predicted octanol–water partition coefficient (Wildman–Crippen LogP) is 1.98. The Morgan fingerprint density at radius 3 is 2.81 bits per heavy atom. The maximum absolute atomic E-state index is 9.63. The first-order valence-corrected chi connectivity index (χ1v) is 4.97. The van der Waals surface area contributed by atoms with Crippen molar-refractivity contribution >= 4 is 11.4 Å². The van der Waals surface area contributed by atoms with Gasteiger partial charge in [0.2, 0.25) is 0 Å². The molecule has 1 heterocycles. The fraction of sp³-hybridized carbons (Fsp3) is 0.0833. The average Bonchev–Trinajstić information content (AvgIpc) is 2.30. The zero-order valence-corrected chi connectivity index (χ0v) is 8.72. The number of nitrogens with one attached hydrogen (secondary N) is 1. The minimum Gasteiger partial charge on any atom is -0.508 e. The molecule has 0 bridgehead atoms. The van der Waals surface area contributed by atoms with E-state index in [0.717, 1.165) is 5.69 Å². The average molecular weight is 215 g/mol. The summed E-state index contributed by atoms with van der Waals surface area (Å²) in [5, 5.41) is 12.8. The summed E-state index contributed by atoms with van der Waals surface area (Å²) in [5.74, 6) is 0.205. The van der Waals surface area contributed by atoms with Crippen LogP contribution in [-0.2, 0) is 6.54 Å². The molecule has 4 heteroatoms. The van der Waals surface area contributed by atoms with E-state index in [0.29, 0.717) is 17.8 Å². The van der Waals surface area contributed by atoms with E-state index >= 15 is 0 Å². The summed E-state index contributed by atoms with van der Waals surface area (Å²) in [6, 6.07) is 8.86. The van der Waals surface area contributed by atoms with Gasteiger partial charge in [0.25, 0.3) is 0 Å². The number of phenols is 1. The van der Waals surface area contributed by atoms with E-state index in [2.05, 4.69) is 10.3 Å². The van der Waals surface area contributed by atoms with Crippen LogP contribution < -0.4 is 11.1 Å². The summed E-state index contributed by atoms with van der Waals surface area (Å²) in [6.45, 7) is 0.476. The zero-order chi connectivity index (χ0) is 11.4. The van der Waals surface area contributed by atoms with E-state index < -0.39 is 0 Å². The molecule has 0 atom stereocenters. The van der Waals surface area contributed by atoms with E-state index in [4.69, 9.17) is 5.73 Å². The first kappa shape index (κ1) is 10.3. The highest BCUT2D eigenvalue weighted by molar-refractivity contribution is 5.55. The molecule has 1 aromatic heterocycles. The molecular weight excluding hydrogens is 202 g/mol. The van der Waals surface area contributed by atoms with Gasteiger partial charge in [-0.15, -0.1) is 0 Å². The molecule has 0 saturated heterocycles. The van der Waals surface area contributed by atoms with Crippen molar-refractivity contribution in [1.82, 2.24) is 4.98 Å². The Hall–Kier alpha value is -2.23. The lowest BCUT2D eigenvalue weighted by Gasteiger charge is -2.09. The number of hydrogen-bond donors (Lipinski definition) is 3. The number of benzene rings is 1. The molecular formula is C12H13N3O. The Kier molecular flexibility index (Phi) is 2.91. The molecule has 0 radical (unpaired) electrons. The van der Waals surface area contributed by atoms with Crippen LogP contribution in [0.4, 0.5) is 11.4 Å². The lowest BCUT2D eigenvalue weighted by atomic mass is 10.1. The molecule has 4 N–H and O–H groups in total. The van der Waals surface area contributed by atoms with Crippen molar-refractivity contribution in [2.75, 3.05) is 11.1 Å². The molecule has 4 nitrogen and oxygen atoms in total. The number of rotatable bonds is 3. The fourth-order valence-electron chi connectivity index (χ4n) is 1.44. The second-order valence-corrected chi connectivity index (χ2v) is 3.44. The van der Waals surface area contributed by atoms with Crippen LogP contribution >= 0.6 is 0 Å². The number of nitrogen functional groups attached to an aromatic ring is 1. The molecule has 0 unspecified atom stereocenters. The Labute approximate surface area is 93.8 Å². The molecule has 0 amide bonds. The van der Waals surface area contributed by atoms with E-state index in [1.165, 1.54) is 0 Å². The lowest BCUT2D eigenvalue weighted by Crippen LogP contribution is -2.03. The molecule has 2 rings (SSSR count). The Bertz CT molecular complexity index is 451. The van der Waals surface area contributed by atoms with Gasteiger partial charge in [0.15, 0.2) is 0 Å². The number of nitrogens with two attached hydrogens (primary N) is 1. The van der Waals surface area contributed by atoms with E-state index in [1.54, 1.807) is 30.6 Å². The van der Waals surface area contributed by atoms with Crippen LogP contribution in [0, 0.1) is 0 Å². The minimum absolute atomic E-state index is 0.205. The van der Waals surface area contributed by atoms with Crippen LogP contribution in [-0.4, -0.2) is 10.1 Å². The molecule has 0 aliphatic heterocycles. The van der Waals surface area contributed by atoms with E-state index in [1.807, 2.05) is 12.1 Å². The molecule has 16 heavy (non-hydrogen) atoms. The Balaban J connectivity index is 2.11. The van der Waals surface area contributed by atoms with Crippen LogP contribution in [0.15, 0.2) is 42.7 Å². The van der Waals surface area contributed by atoms with Gasteiger partial charge in [-0.1, -0.05) is 6.07 Å². The Morgan fingerprint density at radius 1 is 1.25 bits per heavy atom. The summed E-state index contributed by atoms with van der Waals surface area (Å²) < 4.78 is 0. The first-order valence-electron chi connectivity index (χ1n) is 4.97. The fourth-order valence-corrected chi connectivity index (χ4v) is 1.44. The first-order chi connectivity index (χ1) is 7.77. The van der Waals surface area contributed by atoms with Crippen molar-refractivity contribution in [2.45, 2.75) is 6.54 Å². The summed E-state index contributed by atoms with van der Waals surface area (Å²) >= 11 is 0. The maximum atomic E-state index is 9.63. The lowest BCUT2D eigenvalue weighted by molar-refractivity contribution is 0.469. The largest absolute Gasteiger partial charge is 0.508 e. The quantitative estimate of drug-likeness (QED) is 0.685. The topological polar surface area (TPSA) is 71.2 Å². The molecule has 0 spiro atoms. The van der Waals surface area contributed by atoms with Gasteiger partial charge in [0.05, 0.1) is 5.69 Å². The maximum Gasteiger partial charge on any atom is 0.122 e. The molecule has 82 valence electrons. The third kappa shape index (κ3) is 2.23. The highest BCUT2D eigenvalue weighted by atomic mass is 16.3. The standard InChI is InChI=1S/C12H13N3O/c13-11-4-1-5-12(16)10(11)8-15-9-3-2-6-14-7-9/h1-7,15-16H,8,13H2. The molecule has 0 saturated carbocycles. The van der Waals surface area contributed by atoms with Gasteiger partial charge in [-0.05, 0) is 24.3 Å². The summed E-state index contributed by atoms with van der Waals surface area (Å²) in [6.07, 6.45) is 3.43. The van der Waals surface area contributed by atoms with Crippen molar-refractivity contribution in [3.63, 3.8) is 0 Å². The zero-order valence-electron chi connectivity index (χ0n) is 8.72. The van der Waals surface area contributed by atoms with Crippen molar-refractivity contribution in [2.24, 2.45) is 0 Å². The third-order valence-corrected chi connectivity index (χ3v) is 2.32. The number of pyridine rings is 1. The van der Waals surface area contributed by atoms with Gasteiger partial charge in [-0.2, -0.15) is 0 Å². The van der Waals surface area contributed by atoms with E-state index in [-0.39, 0.29) is 5.75 Å². The monoisotopic (exact) mass is 215 g/mol. The van der Waals surface area contributed by atoms with Gasteiger partial charge >= 0.3 is 0 Å². The summed E-state index contributed by atoms with van der Waals surface area (Å²) in [4.78, 5) is 3.99. The normalized spacial score (nSPS) is 10.0. The predicted molar refractivity (Wildman–Crippen MR) is 64.1 cm³/mol. The van der Waals surface area contributed by atoms with Gasteiger partial charge in [-0.25, -0.2) is 0 Å². The van der Waals surface area contributed by atoms with Gasteiger partial charge in [0.1, 0.15) is 5.75 Å². The number of aromatic hydroxyl groups is 1. The molecule has 0 fully saturated rings. The second kappa shape index (κ2) is 4.53. The summed E-state index contributed by atoms with van der Waals surface area (Å²) in [5.41, 5.74) is 7.94. The van der Waals surface area contributed by atoms with Crippen molar-refractivity contribution in [3.8, 4) is 5.75 Å². The van der Waals surface area contributed by atoms with Crippen LogP contribution in [0.25, 0.3) is 0 Å². The van der Waals surface area contributed by atoms with Gasteiger partial charge in [-0.3, -0.25) is 4.98 Å². The third-order valence-electron chi connectivity index (χ3n) is 2.32.